The molecule has 1 aromatic heterocycles. The van der Waals surface area contributed by atoms with Crippen LogP contribution in [-0.2, 0) is 14.8 Å². The molecule has 0 saturated heterocycles. The highest BCUT2D eigenvalue weighted by atomic mass is 32.2. The summed E-state index contributed by atoms with van der Waals surface area (Å²) in [5, 5.41) is 0. The molecule has 1 heterocycles. The van der Waals surface area contributed by atoms with E-state index in [1.807, 2.05) is 19.1 Å². The van der Waals surface area contributed by atoms with Gasteiger partial charge in [-0.25, -0.2) is 18.1 Å². The van der Waals surface area contributed by atoms with Crippen LogP contribution >= 0.6 is 0 Å². The second-order valence-electron chi connectivity index (χ2n) is 9.81. The molecular formula is C22H32N2O4S. The Morgan fingerprint density at radius 3 is 2.45 bits per heavy atom. The van der Waals surface area contributed by atoms with E-state index in [0.29, 0.717) is 24.6 Å². The molecule has 0 aliphatic heterocycles. The lowest BCUT2D eigenvalue weighted by Gasteiger charge is -2.37. The van der Waals surface area contributed by atoms with E-state index in [1.165, 1.54) is 0 Å². The third-order valence-corrected chi connectivity index (χ3v) is 9.33. The van der Waals surface area contributed by atoms with E-state index in [0.717, 1.165) is 37.7 Å². The Labute approximate surface area is 173 Å². The Bertz CT molecular complexity index is 873. The first-order valence-electron chi connectivity index (χ1n) is 10.7. The van der Waals surface area contributed by atoms with Gasteiger partial charge in [-0.05, 0) is 62.3 Å². The van der Waals surface area contributed by atoms with Gasteiger partial charge in [-0.2, -0.15) is 0 Å². The number of fused-ring (bicyclic) bond motifs is 2. The summed E-state index contributed by atoms with van der Waals surface area (Å²) in [4.78, 5) is 17.0. The number of ether oxygens (including phenoxy) is 1. The molecule has 0 aromatic carbocycles. The number of hydrogen-bond acceptors (Lipinski definition) is 5. The quantitative estimate of drug-likeness (QED) is 0.762. The summed E-state index contributed by atoms with van der Waals surface area (Å²) in [6.45, 7) is 6.14. The fraction of sp³-hybridized carbons (Fsp3) is 0.727. The summed E-state index contributed by atoms with van der Waals surface area (Å²) in [6.07, 6.45) is 7.12. The van der Waals surface area contributed by atoms with E-state index in [2.05, 4.69) is 23.6 Å². The van der Waals surface area contributed by atoms with E-state index in [-0.39, 0.29) is 29.1 Å². The first-order chi connectivity index (χ1) is 13.6. The van der Waals surface area contributed by atoms with Crippen LogP contribution in [0.1, 0.15) is 64.4 Å². The molecule has 1 N–H and O–H groups in total. The van der Waals surface area contributed by atoms with E-state index in [1.54, 1.807) is 6.20 Å². The molecule has 3 fully saturated rings. The van der Waals surface area contributed by atoms with E-state index >= 15 is 0 Å². The number of nitrogens with zero attached hydrogens (tertiary/aromatic N) is 1. The number of carbonyl (C=O) groups is 1. The number of aryl methyl sites for hydroxylation is 1. The molecule has 4 rings (SSSR count). The molecule has 2 bridgehead atoms. The summed E-state index contributed by atoms with van der Waals surface area (Å²) < 4.78 is 34.8. The zero-order chi connectivity index (χ0) is 20.9. The van der Waals surface area contributed by atoms with Crippen molar-refractivity contribution in [1.82, 2.24) is 9.71 Å². The number of aromatic nitrogens is 1. The fourth-order valence-corrected chi connectivity index (χ4v) is 7.87. The van der Waals surface area contributed by atoms with Gasteiger partial charge in [0, 0.05) is 30.1 Å². The summed E-state index contributed by atoms with van der Waals surface area (Å²) in [7, 11) is -3.52. The maximum Gasteiger partial charge on any atom is 0.213 e. The van der Waals surface area contributed by atoms with Crippen molar-refractivity contribution >= 4 is 15.8 Å². The summed E-state index contributed by atoms with van der Waals surface area (Å²) in [6, 6.07) is 3.76. The molecule has 3 aliphatic carbocycles. The van der Waals surface area contributed by atoms with E-state index in [9.17, 15) is 13.2 Å². The molecule has 29 heavy (non-hydrogen) atoms. The minimum Gasteiger partial charge on any atom is -0.474 e. The van der Waals surface area contributed by atoms with Crippen LogP contribution in [0.25, 0.3) is 0 Å². The number of nitrogens with one attached hydrogen (secondary N) is 1. The van der Waals surface area contributed by atoms with Crippen LogP contribution < -0.4 is 9.46 Å². The topological polar surface area (TPSA) is 85.4 Å². The van der Waals surface area contributed by atoms with Gasteiger partial charge >= 0.3 is 0 Å². The predicted molar refractivity (Wildman–Crippen MR) is 111 cm³/mol. The van der Waals surface area contributed by atoms with Crippen molar-refractivity contribution in [3.8, 4) is 5.88 Å². The standard InChI is InChI=1S/C22H32N2O4S/c1-15-4-9-20(23-13-15)28-18-7-5-17(6-8-18)24-29(26,27)14-22-11-10-16(12-19(22)25)21(22,2)3/h4,9,13,16-18,24H,5-8,10-12,14H2,1-3H3. The van der Waals surface area contributed by atoms with Crippen molar-refractivity contribution in [3.63, 3.8) is 0 Å². The molecule has 6 nitrogen and oxygen atoms in total. The Balaban J connectivity index is 1.33. The van der Waals surface area contributed by atoms with Crippen LogP contribution in [-0.4, -0.2) is 37.1 Å². The van der Waals surface area contributed by atoms with Crippen molar-refractivity contribution in [2.75, 3.05) is 5.75 Å². The second-order valence-corrected chi connectivity index (χ2v) is 11.6. The highest BCUT2D eigenvalue weighted by molar-refractivity contribution is 7.89. The molecule has 2 atom stereocenters. The van der Waals surface area contributed by atoms with Crippen molar-refractivity contribution in [2.45, 2.75) is 77.9 Å². The molecule has 1 aromatic rings. The Kier molecular flexibility index (Phi) is 5.26. The normalized spacial score (nSPS) is 33.8. The number of hydrogen-bond donors (Lipinski definition) is 1. The molecule has 0 amide bonds. The van der Waals surface area contributed by atoms with Gasteiger partial charge < -0.3 is 4.74 Å². The Morgan fingerprint density at radius 2 is 1.90 bits per heavy atom. The zero-order valence-electron chi connectivity index (χ0n) is 17.6. The van der Waals surface area contributed by atoms with Gasteiger partial charge in [-0.15, -0.1) is 0 Å². The van der Waals surface area contributed by atoms with Gasteiger partial charge in [0.2, 0.25) is 15.9 Å². The lowest BCUT2D eigenvalue weighted by Crippen LogP contribution is -2.48. The minimum atomic E-state index is -3.52. The lowest BCUT2D eigenvalue weighted by molar-refractivity contribution is -0.128. The van der Waals surface area contributed by atoms with Crippen molar-refractivity contribution in [2.24, 2.45) is 16.7 Å². The van der Waals surface area contributed by atoms with Gasteiger partial charge in [0.05, 0.1) is 5.75 Å². The van der Waals surface area contributed by atoms with Crippen molar-refractivity contribution in [3.05, 3.63) is 23.9 Å². The third-order valence-electron chi connectivity index (χ3n) is 7.77. The summed E-state index contributed by atoms with van der Waals surface area (Å²) >= 11 is 0. The summed E-state index contributed by atoms with van der Waals surface area (Å²) in [5.74, 6) is 1.03. The Morgan fingerprint density at radius 1 is 1.17 bits per heavy atom. The van der Waals surface area contributed by atoms with Gasteiger partial charge in [0.25, 0.3) is 0 Å². The van der Waals surface area contributed by atoms with Crippen molar-refractivity contribution in [1.29, 1.82) is 0 Å². The van der Waals surface area contributed by atoms with E-state index in [4.69, 9.17) is 4.74 Å². The van der Waals surface area contributed by atoms with Gasteiger partial charge in [0.15, 0.2) is 0 Å². The van der Waals surface area contributed by atoms with Crippen molar-refractivity contribution < 1.29 is 17.9 Å². The Hall–Kier alpha value is -1.47. The van der Waals surface area contributed by atoms with Gasteiger partial charge in [-0.1, -0.05) is 19.9 Å². The monoisotopic (exact) mass is 420 g/mol. The predicted octanol–water partition coefficient (Wildman–Crippen LogP) is 3.39. The molecule has 2 unspecified atom stereocenters. The average molecular weight is 421 g/mol. The number of ketones is 1. The second kappa shape index (κ2) is 7.34. The highest BCUT2D eigenvalue weighted by Gasteiger charge is 2.65. The summed E-state index contributed by atoms with van der Waals surface area (Å²) in [5.41, 5.74) is 0.152. The SMILES string of the molecule is Cc1ccc(OC2CCC(NS(=O)(=O)CC34CCC(CC3=O)C4(C)C)CC2)nc1. The van der Waals surface area contributed by atoms with Gasteiger partial charge in [-0.3, -0.25) is 4.79 Å². The van der Waals surface area contributed by atoms with Crippen LogP contribution in [0.3, 0.4) is 0 Å². The molecule has 7 heteroatoms. The lowest BCUT2D eigenvalue weighted by atomic mass is 9.70. The number of rotatable bonds is 6. The molecule has 3 saturated carbocycles. The zero-order valence-corrected chi connectivity index (χ0v) is 18.4. The third kappa shape index (κ3) is 3.83. The molecule has 160 valence electrons. The smallest absolute Gasteiger partial charge is 0.213 e. The number of Topliss-reactive ketones (excluding diaryl/α,β-unsaturated/α-hetero) is 1. The van der Waals surface area contributed by atoms with Crippen LogP contribution in [0.15, 0.2) is 18.3 Å². The largest absolute Gasteiger partial charge is 0.474 e. The van der Waals surface area contributed by atoms with E-state index < -0.39 is 15.4 Å². The first kappa shape index (κ1) is 20.8. The fourth-order valence-electron chi connectivity index (χ4n) is 5.72. The minimum absolute atomic E-state index is 0.0634. The molecule has 3 aliphatic rings. The maximum atomic E-state index is 13.0. The average Bonchev–Trinajstić information content (AvgIpc) is 2.99. The van der Waals surface area contributed by atoms with Crippen LogP contribution in [0.2, 0.25) is 0 Å². The molecule has 0 radical (unpaired) electrons. The first-order valence-corrected chi connectivity index (χ1v) is 12.4. The van der Waals surface area contributed by atoms with Crippen LogP contribution in [0.5, 0.6) is 5.88 Å². The highest BCUT2D eigenvalue weighted by Crippen LogP contribution is 2.64. The van der Waals surface area contributed by atoms with Crippen LogP contribution in [0, 0.1) is 23.7 Å². The number of carbonyl (C=O) groups excluding carboxylic acids is 1. The van der Waals surface area contributed by atoms with Crippen LogP contribution in [0.4, 0.5) is 0 Å². The number of pyridine rings is 1. The van der Waals surface area contributed by atoms with Gasteiger partial charge in [0.1, 0.15) is 11.9 Å². The molecule has 0 spiro atoms. The number of sulfonamides is 1. The maximum absolute atomic E-state index is 13.0. The molecular weight excluding hydrogens is 388 g/mol.